The first-order valence-electron chi connectivity index (χ1n) is 7.55. The molecule has 11 heteroatoms. The molecule has 0 aliphatic heterocycles. The lowest BCUT2D eigenvalue weighted by molar-refractivity contribution is -0.384. The van der Waals surface area contributed by atoms with Crippen LogP contribution in [0.1, 0.15) is 22.0 Å². The Morgan fingerprint density at radius 2 is 1.93 bits per heavy atom. The Kier molecular flexibility index (Phi) is 6.10. The first-order chi connectivity index (χ1) is 12.6. The molecule has 0 radical (unpaired) electrons. The van der Waals surface area contributed by atoms with E-state index < -0.39 is 27.0 Å². The third kappa shape index (κ3) is 5.00. The molecule has 144 valence electrons. The second-order valence-corrected chi connectivity index (χ2v) is 7.04. The second-order valence-electron chi connectivity index (χ2n) is 5.48. The van der Waals surface area contributed by atoms with Crippen molar-refractivity contribution in [3.05, 3.63) is 63.7 Å². The van der Waals surface area contributed by atoms with Crippen LogP contribution in [0.15, 0.2) is 47.4 Å². The lowest BCUT2D eigenvalue weighted by Crippen LogP contribution is -2.29. The number of primary sulfonamides is 1. The summed E-state index contributed by atoms with van der Waals surface area (Å²) in [4.78, 5) is 22.2. The summed E-state index contributed by atoms with van der Waals surface area (Å²) in [5.74, 6) is -0.553. The number of hydrogen-bond acceptors (Lipinski definition) is 7. The predicted molar refractivity (Wildman–Crippen MR) is 94.8 cm³/mol. The molecule has 2 rings (SSSR count). The zero-order valence-electron chi connectivity index (χ0n) is 14.2. The number of nitro groups is 1. The van der Waals surface area contributed by atoms with Gasteiger partial charge in [0.25, 0.3) is 11.6 Å². The van der Waals surface area contributed by atoms with Crippen LogP contribution in [0.4, 0.5) is 5.69 Å². The highest BCUT2D eigenvalue weighted by molar-refractivity contribution is 7.89. The van der Waals surface area contributed by atoms with E-state index in [4.69, 9.17) is 9.88 Å². The SMILES string of the molecule is COc1ccc(S(N)(=O)=O)cc1C(=O)NCC(O)c1ccc([N+](=O)[O-])cc1. The number of nitrogens with one attached hydrogen (secondary N) is 1. The summed E-state index contributed by atoms with van der Waals surface area (Å²) >= 11 is 0. The lowest BCUT2D eigenvalue weighted by atomic mass is 10.1. The number of benzene rings is 2. The zero-order chi connectivity index (χ0) is 20.2. The number of rotatable bonds is 7. The number of non-ortho nitro benzene ring substituents is 1. The standard InChI is InChI=1S/C16H17N3O7S/c1-26-15-7-6-12(27(17,24)25)8-13(15)16(21)18-9-14(20)10-2-4-11(5-3-10)19(22)23/h2-8,14,20H,9H2,1H3,(H,18,21)(H2,17,24,25). The van der Waals surface area contributed by atoms with Gasteiger partial charge in [0.15, 0.2) is 0 Å². The van der Waals surface area contributed by atoms with Crippen molar-refractivity contribution in [2.45, 2.75) is 11.0 Å². The fourth-order valence-electron chi connectivity index (χ4n) is 2.26. The van der Waals surface area contributed by atoms with Crippen LogP contribution in [0.5, 0.6) is 5.75 Å². The highest BCUT2D eigenvalue weighted by Crippen LogP contribution is 2.22. The Morgan fingerprint density at radius 3 is 2.44 bits per heavy atom. The van der Waals surface area contributed by atoms with Gasteiger partial charge in [0.05, 0.1) is 28.6 Å². The van der Waals surface area contributed by atoms with Gasteiger partial charge in [-0.25, -0.2) is 13.6 Å². The molecular weight excluding hydrogens is 378 g/mol. The summed E-state index contributed by atoms with van der Waals surface area (Å²) in [6, 6.07) is 8.78. The molecule has 1 atom stereocenters. The molecular formula is C16H17N3O7S. The van der Waals surface area contributed by atoms with Crippen molar-refractivity contribution in [2.24, 2.45) is 5.14 Å². The number of carbonyl (C=O) groups is 1. The maximum Gasteiger partial charge on any atom is 0.269 e. The van der Waals surface area contributed by atoms with Crippen molar-refractivity contribution >= 4 is 21.6 Å². The van der Waals surface area contributed by atoms with Gasteiger partial charge < -0.3 is 15.2 Å². The average molecular weight is 395 g/mol. The van der Waals surface area contributed by atoms with E-state index in [9.17, 15) is 28.4 Å². The quantitative estimate of drug-likeness (QED) is 0.459. The molecule has 10 nitrogen and oxygen atoms in total. The number of ether oxygens (including phenoxy) is 1. The fourth-order valence-corrected chi connectivity index (χ4v) is 2.80. The Morgan fingerprint density at radius 1 is 1.30 bits per heavy atom. The van der Waals surface area contributed by atoms with Gasteiger partial charge in [-0.3, -0.25) is 14.9 Å². The molecule has 2 aromatic carbocycles. The monoisotopic (exact) mass is 395 g/mol. The molecule has 0 aliphatic carbocycles. The van der Waals surface area contributed by atoms with Crippen LogP contribution in [0.25, 0.3) is 0 Å². The highest BCUT2D eigenvalue weighted by Gasteiger charge is 2.18. The Hall–Kier alpha value is -3.02. The average Bonchev–Trinajstić information content (AvgIpc) is 2.64. The Balaban J connectivity index is 2.13. The topological polar surface area (TPSA) is 162 Å². The summed E-state index contributed by atoms with van der Waals surface area (Å²) in [5, 5.41) is 28.3. The van der Waals surface area contributed by atoms with Crippen LogP contribution < -0.4 is 15.2 Å². The van der Waals surface area contributed by atoms with Gasteiger partial charge in [0.1, 0.15) is 5.75 Å². The van der Waals surface area contributed by atoms with Gasteiger partial charge in [-0.05, 0) is 35.9 Å². The van der Waals surface area contributed by atoms with E-state index in [1.807, 2.05) is 0 Å². The fraction of sp³-hybridized carbons (Fsp3) is 0.188. The number of nitro benzene ring substituents is 1. The number of aliphatic hydroxyl groups excluding tert-OH is 1. The van der Waals surface area contributed by atoms with Crippen molar-refractivity contribution in [3.63, 3.8) is 0 Å². The van der Waals surface area contributed by atoms with Crippen molar-refractivity contribution < 1.29 is 28.0 Å². The van der Waals surface area contributed by atoms with E-state index in [2.05, 4.69) is 5.32 Å². The number of sulfonamides is 1. The molecule has 0 aromatic heterocycles. The third-order valence-electron chi connectivity index (χ3n) is 3.69. The van der Waals surface area contributed by atoms with Crippen molar-refractivity contribution in [3.8, 4) is 5.75 Å². The molecule has 27 heavy (non-hydrogen) atoms. The molecule has 0 spiro atoms. The highest BCUT2D eigenvalue weighted by atomic mass is 32.2. The van der Waals surface area contributed by atoms with Crippen molar-refractivity contribution in [2.75, 3.05) is 13.7 Å². The van der Waals surface area contributed by atoms with Crippen LogP contribution in [0.3, 0.4) is 0 Å². The molecule has 2 aromatic rings. The Bertz CT molecular complexity index is 958. The molecule has 4 N–H and O–H groups in total. The summed E-state index contributed by atoms with van der Waals surface area (Å²) < 4.78 is 27.9. The minimum Gasteiger partial charge on any atom is -0.496 e. The van der Waals surface area contributed by atoms with Gasteiger partial charge in [0.2, 0.25) is 10.0 Å². The van der Waals surface area contributed by atoms with Crippen LogP contribution in [0, 0.1) is 10.1 Å². The maximum atomic E-state index is 12.4. The van der Waals surface area contributed by atoms with E-state index >= 15 is 0 Å². The number of hydrogen-bond donors (Lipinski definition) is 3. The molecule has 0 bridgehead atoms. The van der Waals surface area contributed by atoms with E-state index in [-0.39, 0.29) is 28.4 Å². The molecule has 0 fully saturated rings. The summed E-state index contributed by atoms with van der Waals surface area (Å²) in [5.41, 5.74) is 0.172. The van der Waals surface area contributed by atoms with Crippen LogP contribution in [-0.2, 0) is 10.0 Å². The second kappa shape index (κ2) is 8.12. The first kappa shape index (κ1) is 20.3. The Labute approximate surface area is 154 Å². The molecule has 0 saturated carbocycles. The lowest BCUT2D eigenvalue weighted by Gasteiger charge is -2.14. The molecule has 0 aliphatic rings. The van der Waals surface area contributed by atoms with E-state index in [1.165, 1.54) is 43.5 Å². The van der Waals surface area contributed by atoms with Gasteiger partial charge in [-0.2, -0.15) is 0 Å². The van der Waals surface area contributed by atoms with E-state index in [0.29, 0.717) is 5.56 Å². The largest absolute Gasteiger partial charge is 0.496 e. The van der Waals surface area contributed by atoms with Crippen LogP contribution in [-0.4, -0.2) is 38.0 Å². The van der Waals surface area contributed by atoms with Gasteiger partial charge >= 0.3 is 0 Å². The van der Waals surface area contributed by atoms with Crippen LogP contribution >= 0.6 is 0 Å². The summed E-state index contributed by atoms with van der Waals surface area (Å²) in [6.45, 7) is -0.209. The van der Waals surface area contributed by atoms with Gasteiger partial charge in [-0.1, -0.05) is 0 Å². The molecule has 1 unspecified atom stereocenters. The number of nitrogens with zero attached hydrogens (tertiary/aromatic N) is 1. The van der Waals surface area contributed by atoms with Gasteiger partial charge in [0, 0.05) is 18.7 Å². The normalized spacial score (nSPS) is 12.3. The number of amides is 1. The smallest absolute Gasteiger partial charge is 0.269 e. The van der Waals surface area contributed by atoms with Crippen LogP contribution in [0.2, 0.25) is 0 Å². The number of methoxy groups -OCH3 is 1. The van der Waals surface area contributed by atoms with E-state index in [0.717, 1.165) is 6.07 Å². The summed E-state index contributed by atoms with van der Waals surface area (Å²) in [6.07, 6.45) is -1.12. The molecule has 1 amide bonds. The minimum atomic E-state index is -4.01. The van der Waals surface area contributed by atoms with Gasteiger partial charge in [-0.15, -0.1) is 0 Å². The summed E-state index contributed by atoms with van der Waals surface area (Å²) in [7, 11) is -2.70. The number of carbonyl (C=O) groups excluding carboxylic acids is 1. The maximum absolute atomic E-state index is 12.4. The zero-order valence-corrected chi connectivity index (χ0v) is 15.0. The number of nitrogens with two attached hydrogens (primary N) is 1. The predicted octanol–water partition coefficient (Wildman–Crippen LogP) is 0.714. The van der Waals surface area contributed by atoms with Crippen molar-refractivity contribution in [1.29, 1.82) is 0 Å². The molecule has 0 saturated heterocycles. The first-order valence-corrected chi connectivity index (χ1v) is 9.09. The molecule has 0 heterocycles. The minimum absolute atomic E-state index is 0.0695. The van der Waals surface area contributed by atoms with E-state index in [1.54, 1.807) is 0 Å². The number of aliphatic hydroxyl groups is 1. The van der Waals surface area contributed by atoms with Crippen molar-refractivity contribution in [1.82, 2.24) is 5.32 Å². The third-order valence-corrected chi connectivity index (χ3v) is 4.60.